The van der Waals surface area contributed by atoms with Crippen LogP contribution in [-0.4, -0.2) is 29.4 Å². The molecule has 1 unspecified atom stereocenters. The predicted molar refractivity (Wildman–Crippen MR) is 64.5 cm³/mol. The molecule has 1 saturated heterocycles. The average molecular weight is 242 g/mol. The Kier molecular flexibility index (Phi) is 2.57. The van der Waals surface area contributed by atoms with Gasteiger partial charge in [0.05, 0.1) is 13.2 Å². The molecule has 1 aromatic rings. The summed E-state index contributed by atoms with van der Waals surface area (Å²) in [6.45, 7) is 1.47. The highest BCUT2D eigenvalue weighted by Gasteiger charge is 2.46. The van der Waals surface area contributed by atoms with Gasteiger partial charge in [0.15, 0.2) is 12.0 Å². The summed E-state index contributed by atoms with van der Waals surface area (Å²) < 4.78 is 5.88. The summed E-state index contributed by atoms with van der Waals surface area (Å²) in [7, 11) is 0. The summed E-state index contributed by atoms with van der Waals surface area (Å²) in [5.41, 5.74) is 1.36. The number of ether oxygens (including phenoxy) is 1. The first-order valence-electron chi connectivity index (χ1n) is 6.12. The molecule has 0 amide bonds. The highest BCUT2D eigenvalue weighted by Crippen LogP contribution is 2.32. The maximum atomic E-state index is 12.4. The fourth-order valence-electron chi connectivity index (χ4n) is 2.71. The van der Waals surface area contributed by atoms with E-state index in [4.69, 9.17) is 10.00 Å². The maximum Gasteiger partial charge on any atom is 0.179 e. The Labute approximate surface area is 106 Å². The lowest BCUT2D eigenvalue weighted by molar-refractivity contribution is -0.142. The Hall–Kier alpha value is -1.86. The van der Waals surface area contributed by atoms with Crippen LogP contribution in [0, 0.1) is 11.5 Å². The third-order valence-corrected chi connectivity index (χ3v) is 3.85. The summed E-state index contributed by atoms with van der Waals surface area (Å²) in [6, 6.07) is 7.88. The van der Waals surface area contributed by atoms with Gasteiger partial charge in [-0.05, 0) is 11.1 Å². The maximum absolute atomic E-state index is 12.4. The number of ketones is 1. The molecule has 0 aliphatic carbocycles. The molecule has 4 heteroatoms. The molecule has 3 rings (SSSR count). The van der Waals surface area contributed by atoms with Gasteiger partial charge in [0.1, 0.15) is 5.60 Å². The molecule has 1 atom stereocenters. The van der Waals surface area contributed by atoms with E-state index < -0.39 is 5.60 Å². The van der Waals surface area contributed by atoms with Crippen LogP contribution in [0.1, 0.15) is 17.5 Å². The van der Waals surface area contributed by atoms with Gasteiger partial charge in [0.2, 0.25) is 0 Å². The number of hydrogen-bond donors (Lipinski definition) is 0. The highest BCUT2D eigenvalue weighted by molar-refractivity contribution is 5.90. The van der Waals surface area contributed by atoms with Crippen LogP contribution in [0.5, 0.6) is 0 Å². The minimum Gasteiger partial charge on any atom is -0.361 e. The summed E-state index contributed by atoms with van der Waals surface area (Å²) in [4.78, 5) is 14.0. The molecule has 0 saturated carbocycles. The lowest BCUT2D eigenvalue weighted by atomic mass is 9.92. The van der Waals surface area contributed by atoms with Crippen molar-refractivity contribution in [2.75, 3.05) is 13.1 Å². The number of nitrogens with zero attached hydrogens (tertiary/aromatic N) is 2. The van der Waals surface area contributed by atoms with Crippen LogP contribution in [0.4, 0.5) is 0 Å². The van der Waals surface area contributed by atoms with Gasteiger partial charge in [-0.3, -0.25) is 4.79 Å². The van der Waals surface area contributed by atoms with Gasteiger partial charge in [0.25, 0.3) is 0 Å². The predicted octanol–water partition coefficient (Wildman–Crippen LogP) is 1.25. The van der Waals surface area contributed by atoms with Crippen molar-refractivity contribution < 1.29 is 9.53 Å². The van der Waals surface area contributed by atoms with Crippen LogP contribution in [0.2, 0.25) is 0 Å². The molecule has 2 aliphatic heterocycles. The van der Waals surface area contributed by atoms with Crippen molar-refractivity contribution in [3.8, 4) is 6.19 Å². The van der Waals surface area contributed by atoms with E-state index in [0.717, 1.165) is 11.1 Å². The van der Waals surface area contributed by atoms with Crippen LogP contribution in [0.3, 0.4) is 0 Å². The second kappa shape index (κ2) is 4.11. The first-order valence-corrected chi connectivity index (χ1v) is 6.12. The molecule has 1 fully saturated rings. The zero-order chi connectivity index (χ0) is 12.6. The summed E-state index contributed by atoms with van der Waals surface area (Å²) in [6.07, 6.45) is 3.13. The van der Waals surface area contributed by atoms with Gasteiger partial charge < -0.3 is 9.64 Å². The Bertz CT molecular complexity index is 535. The van der Waals surface area contributed by atoms with Crippen molar-refractivity contribution >= 4 is 5.78 Å². The molecule has 0 N–H and O–H groups in total. The molecule has 92 valence electrons. The van der Waals surface area contributed by atoms with Gasteiger partial charge in [-0.25, -0.2) is 0 Å². The molecule has 1 spiro atoms. The molecular formula is C14H14N2O2. The van der Waals surface area contributed by atoms with E-state index in [0.29, 0.717) is 32.5 Å². The molecule has 2 heterocycles. The van der Waals surface area contributed by atoms with Crippen molar-refractivity contribution in [2.24, 2.45) is 0 Å². The van der Waals surface area contributed by atoms with Crippen molar-refractivity contribution in [1.29, 1.82) is 5.26 Å². The Balaban J connectivity index is 1.90. The fourth-order valence-corrected chi connectivity index (χ4v) is 2.71. The van der Waals surface area contributed by atoms with Crippen LogP contribution in [-0.2, 0) is 22.6 Å². The molecule has 18 heavy (non-hydrogen) atoms. The number of carbonyl (C=O) groups excluding carboxylic acids is 1. The van der Waals surface area contributed by atoms with E-state index >= 15 is 0 Å². The number of fused-ring (bicyclic) bond motifs is 1. The average Bonchev–Trinajstić information content (AvgIpc) is 2.76. The molecule has 4 nitrogen and oxygen atoms in total. The summed E-state index contributed by atoms with van der Waals surface area (Å²) in [5.74, 6) is 0.102. The SMILES string of the molecule is N#CN1CCC2(C1)OCc1ccccc1CC2=O. The van der Waals surface area contributed by atoms with Crippen molar-refractivity contribution in [2.45, 2.75) is 25.0 Å². The molecule has 0 aromatic heterocycles. The molecule has 0 bridgehead atoms. The number of likely N-dealkylation sites (tertiary alicyclic amines) is 1. The Morgan fingerprint density at radius 2 is 2.11 bits per heavy atom. The van der Waals surface area contributed by atoms with Crippen LogP contribution < -0.4 is 0 Å². The smallest absolute Gasteiger partial charge is 0.179 e. The van der Waals surface area contributed by atoms with Gasteiger partial charge >= 0.3 is 0 Å². The molecule has 2 aliphatic rings. The normalized spacial score (nSPS) is 26.8. The van der Waals surface area contributed by atoms with Crippen molar-refractivity contribution in [3.63, 3.8) is 0 Å². The topological polar surface area (TPSA) is 53.3 Å². The van der Waals surface area contributed by atoms with Crippen LogP contribution in [0.25, 0.3) is 0 Å². The van der Waals surface area contributed by atoms with E-state index in [1.165, 1.54) is 0 Å². The Morgan fingerprint density at radius 1 is 1.33 bits per heavy atom. The van der Waals surface area contributed by atoms with E-state index in [2.05, 4.69) is 6.19 Å². The summed E-state index contributed by atoms with van der Waals surface area (Å²) in [5, 5.41) is 8.92. The number of benzene rings is 1. The van der Waals surface area contributed by atoms with Crippen molar-refractivity contribution in [3.05, 3.63) is 35.4 Å². The van der Waals surface area contributed by atoms with E-state index in [1.54, 1.807) is 4.90 Å². The quantitative estimate of drug-likeness (QED) is 0.643. The van der Waals surface area contributed by atoms with E-state index in [9.17, 15) is 4.79 Å². The van der Waals surface area contributed by atoms with Gasteiger partial charge in [-0.1, -0.05) is 24.3 Å². The van der Waals surface area contributed by atoms with E-state index in [-0.39, 0.29) is 5.78 Å². The van der Waals surface area contributed by atoms with Gasteiger partial charge in [-0.2, -0.15) is 5.26 Å². The largest absolute Gasteiger partial charge is 0.361 e. The van der Waals surface area contributed by atoms with Gasteiger partial charge in [0, 0.05) is 19.4 Å². The number of Topliss-reactive ketones (excluding diaryl/α,β-unsaturated/α-hetero) is 1. The minimum atomic E-state index is -0.769. The van der Waals surface area contributed by atoms with E-state index in [1.807, 2.05) is 24.3 Å². The highest BCUT2D eigenvalue weighted by atomic mass is 16.5. The fraction of sp³-hybridized carbons (Fsp3) is 0.429. The summed E-state index contributed by atoms with van der Waals surface area (Å²) >= 11 is 0. The Morgan fingerprint density at radius 3 is 2.83 bits per heavy atom. The van der Waals surface area contributed by atoms with Crippen LogP contribution in [0.15, 0.2) is 24.3 Å². The third kappa shape index (κ3) is 1.68. The number of carbonyl (C=O) groups is 1. The zero-order valence-electron chi connectivity index (χ0n) is 10.1. The minimum absolute atomic E-state index is 0.102. The molecule has 0 radical (unpaired) electrons. The second-order valence-electron chi connectivity index (χ2n) is 4.92. The lowest BCUT2D eigenvalue weighted by Crippen LogP contribution is -2.43. The molecule has 1 aromatic carbocycles. The standard InChI is InChI=1S/C14H14N2O2/c15-10-16-6-5-14(9-16)13(17)7-11-3-1-2-4-12(11)8-18-14/h1-4H,5-9H2. The number of rotatable bonds is 0. The second-order valence-corrected chi connectivity index (χ2v) is 4.92. The lowest BCUT2D eigenvalue weighted by Gasteiger charge is -2.25. The number of nitriles is 1. The molecular weight excluding hydrogens is 228 g/mol. The zero-order valence-corrected chi connectivity index (χ0v) is 10.1. The number of hydrogen-bond acceptors (Lipinski definition) is 4. The first kappa shape index (κ1) is 11.2. The monoisotopic (exact) mass is 242 g/mol. The third-order valence-electron chi connectivity index (χ3n) is 3.85. The van der Waals surface area contributed by atoms with Gasteiger partial charge in [-0.15, -0.1) is 0 Å². The van der Waals surface area contributed by atoms with Crippen molar-refractivity contribution in [1.82, 2.24) is 4.90 Å². The first-order chi connectivity index (χ1) is 8.73. The van der Waals surface area contributed by atoms with Crippen LogP contribution >= 0.6 is 0 Å².